The molecular weight excluding hydrogens is 296 g/mol. The maximum absolute atomic E-state index is 12.2. The first-order chi connectivity index (χ1) is 5.96. The molecule has 6 heteroatoms. The van der Waals surface area contributed by atoms with Crippen LogP contribution in [0, 0.1) is 15.0 Å². The largest absolute Gasteiger partial charge is 0.417 e. The summed E-state index contributed by atoms with van der Waals surface area (Å²) < 4.78 is 36.8. The van der Waals surface area contributed by atoms with Gasteiger partial charge in [0, 0.05) is 6.20 Å². The molecule has 0 fully saturated rings. The van der Waals surface area contributed by atoms with Gasteiger partial charge in [-0.15, -0.1) is 0 Å². The van der Waals surface area contributed by atoms with Gasteiger partial charge in [0.15, 0.2) is 0 Å². The zero-order chi connectivity index (χ0) is 10.1. The second kappa shape index (κ2) is 3.49. The van der Waals surface area contributed by atoms with Crippen LogP contribution in [-0.2, 0) is 6.18 Å². The summed E-state index contributed by atoms with van der Waals surface area (Å²) in [6, 6.07) is 2.27. The standard InChI is InChI=1S/C7H2F3IN2/c8-7(9,10)5-1-2-13-6(11)4(5)3-12/h1-2H. The minimum Gasteiger partial charge on any atom is -0.249 e. The Hall–Kier alpha value is -0.840. The lowest BCUT2D eigenvalue weighted by molar-refractivity contribution is -0.137. The third-order valence-corrected chi connectivity index (χ3v) is 2.14. The number of halogens is 4. The van der Waals surface area contributed by atoms with Gasteiger partial charge in [-0.3, -0.25) is 0 Å². The van der Waals surface area contributed by atoms with E-state index < -0.39 is 17.3 Å². The highest BCUT2D eigenvalue weighted by atomic mass is 127. The van der Waals surface area contributed by atoms with E-state index in [1.807, 2.05) is 0 Å². The Balaban J connectivity index is 3.40. The quantitative estimate of drug-likeness (QED) is 0.545. The van der Waals surface area contributed by atoms with E-state index in [9.17, 15) is 13.2 Å². The summed E-state index contributed by atoms with van der Waals surface area (Å²) in [5.74, 6) is 0. The molecule has 1 aromatic heterocycles. The molecule has 0 spiro atoms. The van der Waals surface area contributed by atoms with Gasteiger partial charge in [-0.2, -0.15) is 18.4 Å². The lowest BCUT2D eigenvalue weighted by Crippen LogP contribution is -2.09. The molecule has 0 atom stereocenters. The van der Waals surface area contributed by atoms with Gasteiger partial charge in [0.25, 0.3) is 0 Å². The van der Waals surface area contributed by atoms with E-state index in [2.05, 4.69) is 4.98 Å². The fourth-order valence-corrected chi connectivity index (χ4v) is 1.35. The fraction of sp³-hybridized carbons (Fsp3) is 0.143. The number of nitriles is 1. The van der Waals surface area contributed by atoms with E-state index in [0.29, 0.717) is 0 Å². The van der Waals surface area contributed by atoms with Gasteiger partial charge < -0.3 is 0 Å². The topological polar surface area (TPSA) is 36.7 Å². The lowest BCUT2D eigenvalue weighted by Gasteiger charge is -2.08. The third-order valence-electron chi connectivity index (χ3n) is 1.32. The van der Waals surface area contributed by atoms with Gasteiger partial charge >= 0.3 is 6.18 Å². The first-order valence-electron chi connectivity index (χ1n) is 3.08. The maximum Gasteiger partial charge on any atom is 0.417 e. The van der Waals surface area contributed by atoms with Gasteiger partial charge in [0.1, 0.15) is 9.77 Å². The number of hydrogen-bond donors (Lipinski definition) is 0. The van der Waals surface area contributed by atoms with Gasteiger partial charge in [-0.1, -0.05) is 0 Å². The van der Waals surface area contributed by atoms with Crippen molar-refractivity contribution < 1.29 is 13.2 Å². The number of hydrogen-bond acceptors (Lipinski definition) is 2. The molecule has 0 aliphatic rings. The summed E-state index contributed by atoms with van der Waals surface area (Å²) in [5.41, 5.74) is -1.36. The van der Waals surface area contributed by atoms with Crippen LogP contribution in [0.2, 0.25) is 0 Å². The Morgan fingerprint density at radius 2 is 2.08 bits per heavy atom. The van der Waals surface area contributed by atoms with Crippen LogP contribution in [0.4, 0.5) is 13.2 Å². The molecule has 1 rings (SSSR count). The Bertz CT molecular complexity index is 367. The van der Waals surface area contributed by atoms with E-state index in [-0.39, 0.29) is 3.70 Å². The SMILES string of the molecule is N#Cc1c(C(F)(F)F)ccnc1I. The number of alkyl halides is 3. The summed E-state index contributed by atoms with van der Waals surface area (Å²) >= 11 is 1.59. The van der Waals surface area contributed by atoms with Crippen LogP contribution in [-0.4, -0.2) is 4.98 Å². The van der Waals surface area contributed by atoms with Crippen molar-refractivity contribution >= 4 is 22.6 Å². The van der Waals surface area contributed by atoms with Crippen molar-refractivity contribution in [3.05, 3.63) is 27.1 Å². The highest BCUT2D eigenvalue weighted by Crippen LogP contribution is 2.32. The van der Waals surface area contributed by atoms with Crippen LogP contribution >= 0.6 is 22.6 Å². The van der Waals surface area contributed by atoms with Gasteiger partial charge in [-0.05, 0) is 28.7 Å². The van der Waals surface area contributed by atoms with Gasteiger partial charge in [0.05, 0.1) is 11.1 Å². The predicted molar refractivity (Wildman–Crippen MR) is 46.7 cm³/mol. The summed E-state index contributed by atoms with van der Waals surface area (Å²) in [4.78, 5) is 3.59. The average Bonchev–Trinajstić information content (AvgIpc) is 2.02. The molecule has 0 bridgehead atoms. The molecule has 1 heterocycles. The summed E-state index contributed by atoms with van der Waals surface area (Å²) in [6.07, 6.45) is -3.46. The Labute approximate surface area is 85.5 Å². The second-order valence-corrected chi connectivity index (χ2v) is 3.16. The molecule has 1 aromatic rings. The van der Waals surface area contributed by atoms with Crippen molar-refractivity contribution in [2.24, 2.45) is 0 Å². The zero-order valence-corrected chi connectivity index (χ0v) is 8.22. The molecule has 0 amide bonds. The average molecular weight is 298 g/mol. The van der Waals surface area contributed by atoms with E-state index >= 15 is 0 Å². The van der Waals surface area contributed by atoms with Crippen LogP contribution in [0.15, 0.2) is 12.3 Å². The van der Waals surface area contributed by atoms with Crippen molar-refractivity contribution in [3.63, 3.8) is 0 Å². The number of aromatic nitrogens is 1. The smallest absolute Gasteiger partial charge is 0.249 e. The molecule has 13 heavy (non-hydrogen) atoms. The van der Waals surface area contributed by atoms with E-state index in [4.69, 9.17) is 5.26 Å². The molecule has 0 saturated carbocycles. The van der Waals surface area contributed by atoms with Crippen molar-refractivity contribution in [1.29, 1.82) is 5.26 Å². The molecule has 0 unspecified atom stereocenters. The normalized spacial score (nSPS) is 11.0. The monoisotopic (exact) mass is 298 g/mol. The van der Waals surface area contributed by atoms with Crippen LogP contribution in [0.25, 0.3) is 0 Å². The molecule has 0 aliphatic heterocycles. The zero-order valence-electron chi connectivity index (χ0n) is 6.06. The molecule has 0 N–H and O–H groups in total. The van der Waals surface area contributed by atoms with E-state index in [1.165, 1.54) is 6.07 Å². The molecule has 0 aromatic carbocycles. The molecular formula is C7H2F3IN2. The van der Waals surface area contributed by atoms with E-state index in [1.54, 1.807) is 22.6 Å². The maximum atomic E-state index is 12.2. The Kier molecular flexibility index (Phi) is 2.75. The summed E-state index contributed by atoms with van der Waals surface area (Å²) in [7, 11) is 0. The van der Waals surface area contributed by atoms with Crippen molar-refractivity contribution in [2.45, 2.75) is 6.18 Å². The van der Waals surface area contributed by atoms with Crippen molar-refractivity contribution in [2.75, 3.05) is 0 Å². The first-order valence-corrected chi connectivity index (χ1v) is 4.16. The van der Waals surface area contributed by atoms with Crippen molar-refractivity contribution in [1.82, 2.24) is 4.98 Å². The Morgan fingerprint density at radius 3 is 2.46 bits per heavy atom. The second-order valence-electron chi connectivity index (χ2n) is 2.13. The van der Waals surface area contributed by atoms with Crippen LogP contribution in [0.5, 0.6) is 0 Å². The molecule has 0 aliphatic carbocycles. The third kappa shape index (κ3) is 2.09. The van der Waals surface area contributed by atoms with Crippen molar-refractivity contribution in [3.8, 4) is 6.07 Å². The minimum atomic E-state index is -4.49. The summed E-state index contributed by atoms with van der Waals surface area (Å²) in [6.45, 7) is 0. The highest BCUT2D eigenvalue weighted by Gasteiger charge is 2.34. The van der Waals surface area contributed by atoms with Crippen LogP contribution < -0.4 is 0 Å². The van der Waals surface area contributed by atoms with Gasteiger partial charge in [0.2, 0.25) is 0 Å². The van der Waals surface area contributed by atoms with E-state index in [0.717, 1.165) is 12.3 Å². The summed E-state index contributed by atoms with van der Waals surface area (Å²) in [5, 5.41) is 8.47. The molecule has 68 valence electrons. The van der Waals surface area contributed by atoms with Crippen LogP contribution in [0.1, 0.15) is 11.1 Å². The number of nitrogens with zero attached hydrogens (tertiary/aromatic N) is 2. The Morgan fingerprint density at radius 1 is 1.46 bits per heavy atom. The minimum absolute atomic E-state index is 0.0647. The van der Waals surface area contributed by atoms with Gasteiger partial charge in [-0.25, -0.2) is 4.98 Å². The fourth-order valence-electron chi connectivity index (χ4n) is 0.779. The number of pyridine rings is 1. The molecule has 0 saturated heterocycles. The lowest BCUT2D eigenvalue weighted by atomic mass is 10.1. The predicted octanol–water partition coefficient (Wildman–Crippen LogP) is 2.58. The molecule has 0 radical (unpaired) electrons. The number of rotatable bonds is 0. The van der Waals surface area contributed by atoms with Crippen LogP contribution in [0.3, 0.4) is 0 Å². The highest BCUT2D eigenvalue weighted by molar-refractivity contribution is 14.1. The molecule has 2 nitrogen and oxygen atoms in total. The first kappa shape index (κ1) is 10.2.